The van der Waals surface area contributed by atoms with E-state index in [0.29, 0.717) is 12.1 Å². The summed E-state index contributed by atoms with van der Waals surface area (Å²) in [6, 6.07) is 6.24. The van der Waals surface area contributed by atoms with Crippen LogP contribution >= 0.6 is 0 Å². The maximum Gasteiger partial charge on any atom is 0.240 e. The first-order chi connectivity index (χ1) is 10.4. The van der Waals surface area contributed by atoms with Crippen molar-refractivity contribution in [2.24, 2.45) is 0 Å². The third-order valence-corrected chi connectivity index (χ3v) is 5.34. The molecule has 122 valence electrons. The van der Waals surface area contributed by atoms with E-state index in [1.165, 1.54) is 12.1 Å². The van der Waals surface area contributed by atoms with E-state index in [9.17, 15) is 13.2 Å². The van der Waals surface area contributed by atoms with Crippen LogP contribution in [-0.2, 0) is 14.8 Å². The molecule has 1 saturated heterocycles. The first kappa shape index (κ1) is 16.9. The minimum Gasteiger partial charge on any atom is -0.326 e. The second-order valence-corrected chi connectivity index (χ2v) is 7.25. The van der Waals surface area contributed by atoms with E-state index in [-0.39, 0.29) is 22.9 Å². The molecule has 0 radical (unpaired) electrons. The Bertz CT molecular complexity index is 613. The van der Waals surface area contributed by atoms with Crippen LogP contribution in [0.1, 0.15) is 33.1 Å². The molecule has 1 fully saturated rings. The van der Waals surface area contributed by atoms with Gasteiger partial charge in [0.25, 0.3) is 0 Å². The maximum absolute atomic E-state index is 12.4. The van der Waals surface area contributed by atoms with Crippen LogP contribution in [0.4, 0.5) is 5.69 Å². The van der Waals surface area contributed by atoms with Crippen molar-refractivity contribution in [3.05, 3.63) is 24.3 Å². The van der Waals surface area contributed by atoms with E-state index in [2.05, 4.69) is 15.4 Å². The smallest absolute Gasteiger partial charge is 0.240 e. The third-order valence-electron chi connectivity index (χ3n) is 3.84. The van der Waals surface area contributed by atoms with Crippen molar-refractivity contribution < 1.29 is 13.2 Å². The molecule has 1 aliphatic heterocycles. The lowest BCUT2D eigenvalue weighted by Gasteiger charge is -2.30. The number of carbonyl (C=O) groups is 1. The number of benzene rings is 1. The number of rotatable bonds is 5. The SMILES string of the molecule is CCC(=O)Nc1ccc(S(=O)(=O)NC2CCCNC2C)cc1. The lowest BCUT2D eigenvalue weighted by Crippen LogP contribution is -2.51. The van der Waals surface area contributed by atoms with Crippen LogP contribution < -0.4 is 15.4 Å². The standard InChI is InChI=1S/C15H23N3O3S/c1-3-15(19)17-12-6-8-13(9-7-12)22(20,21)18-14-5-4-10-16-11(14)2/h6-9,11,14,16,18H,3-5,10H2,1-2H3,(H,17,19). The Hall–Kier alpha value is -1.44. The molecule has 1 amide bonds. The summed E-state index contributed by atoms with van der Waals surface area (Å²) in [5, 5.41) is 5.96. The van der Waals surface area contributed by atoms with Crippen LogP contribution in [-0.4, -0.2) is 33.0 Å². The number of piperidine rings is 1. The Labute approximate surface area is 131 Å². The number of nitrogens with one attached hydrogen (secondary N) is 3. The molecule has 0 bridgehead atoms. The number of hydrogen-bond donors (Lipinski definition) is 3. The molecular formula is C15H23N3O3S. The van der Waals surface area contributed by atoms with E-state index in [0.717, 1.165) is 19.4 Å². The average Bonchev–Trinajstić information content (AvgIpc) is 2.50. The van der Waals surface area contributed by atoms with Crippen molar-refractivity contribution in [2.45, 2.75) is 50.1 Å². The van der Waals surface area contributed by atoms with E-state index in [4.69, 9.17) is 0 Å². The van der Waals surface area contributed by atoms with Crippen LogP contribution in [0, 0.1) is 0 Å². The second kappa shape index (κ2) is 7.21. The van der Waals surface area contributed by atoms with Gasteiger partial charge in [-0.3, -0.25) is 4.79 Å². The number of anilines is 1. The molecule has 0 saturated carbocycles. The zero-order chi connectivity index (χ0) is 16.2. The van der Waals surface area contributed by atoms with Crippen molar-refractivity contribution in [3.63, 3.8) is 0 Å². The highest BCUT2D eigenvalue weighted by atomic mass is 32.2. The Balaban J connectivity index is 2.07. The summed E-state index contributed by atoms with van der Waals surface area (Å²) in [4.78, 5) is 11.5. The summed E-state index contributed by atoms with van der Waals surface area (Å²) in [6.45, 7) is 4.67. The molecule has 1 aliphatic rings. The van der Waals surface area contributed by atoms with Gasteiger partial charge in [0, 0.05) is 24.2 Å². The fraction of sp³-hybridized carbons (Fsp3) is 0.533. The average molecular weight is 325 g/mol. The largest absolute Gasteiger partial charge is 0.326 e. The molecule has 2 rings (SSSR count). The Morgan fingerprint density at radius 3 is 2.59 bits per heavy atom. The third kappa shape index (κ3) is 4.28. The van der Waals surface area contributed by atoms with Gasteiger partial charge < -0.3 is 10.6 Å². The Morgan fingerprint density at radius 2 is 2.00 bits per heavy atom. The van der Waals surface area contributed by atoms with Gasteiger partial charge in [-0.15, -0.1) is 0 Å². The molecule has 0 spiro atoms. The van der Waals surface area contributed by atoms with Crippen molar-refractivity contribution in [1.29, 1.82) is 0 Å². The van der Waals surface area contributed by atoms with Gasteiger partial charge in [0.05, 0.1) is 4.90 Å². The molecule has 0 aromatic heterocycles. The van der Waals surface area contributed by atoms with Crippen molar-refractivity contribution in [2.75, 3.05) is 11.9 Å². The van der Waals surface area contributed by atoms with E-state index in [1.807, 2.05) is 6.92 Å². The Morgan fingerprint density at radius 1 is 1.32 bits per heavy atom. The topological polar surface area (TPSA) is 87.3 Å². The summed E-state index contributed by atoms with van der Waals surface area (Å²) >= 11 is 0. The van der Waals surface area contributed by atoms with Crippen LogP contribution in [0.5, 0.6) is 0 Å². The molecule has 2 unspecified atom stereocenters. The predicted molar refractivity (Wildman–Crippen MR) is 86.2 cm³/mol. The molecule has 7 heteroatoms. The van der Waals surface area contributed by atoms with Gasteiger partial charge in [-0.25, -0.2) is 13.1 Å². The van der Waals surface area contributed by atoms with Crippen molar-refractivity contribution >= 4 is 21.6 Å². The van der Waals surface area contributed by atoms with Crippen LogP contribution in [0.25, 0.3) is 0 Å². The summed E-state index contributed by atoms with van der Waals surface area (Å²) in [7, 11) is -3.55. The van der Waals surface area contributed by atoms with Crippen molar-refractivity contribution in [3.8, 4) is 0 Å². The molecule has 1 aromatic rings. The monoisotopic (exact) mass is 325 g/mol. The molecule has 1 aromatic carbocycles. The summed E-state index contributed by atoms with van der Waals surface area (Å²) < 4.78 is 27.6. The number of amides is 1. The first-order valence-corrected chi connectivity index (χ1v) is 9.06. The summed E-state index contributed by atoms with van der Waals surface area (Å²) in [6.07, 6.45) is 2.17. The lowest BCUT2D eigenvalue weighted by atomic mass is 10.0. The number of hydrogen-bond acceptors (Lipinski definition) is 4. The van der Waals surface area contributed by atoms with Gasteiger partial charge in [-0.1, -0.05) is 6.92 Å². The first-order valence-electron chi connectivity index (χ1n) is 7.58. The molecular weight excluding hydrogens is 302 g/mol. The summed E-state index contributed by atoms with van der Waals surface area (Å²) in [5.74, 6) is -0.101. The molecule has 3 N–H and O–H groups in total. The molecule has 2 atom stereocenters. The van der Waals surface area contributed by atoms with E-state index < -0.39 is 10.0 Å². The maximum atomic E-state index is 12.4. The normalized spacial score (nSPS) is 22.3. The molecule has 0 aliphatic carbocycles. The van der Waals surface area contributed by atoms with Crippen LogP contribution in [0.3, 0.4) is 0 Å². The van der Waals surface area contributed by atoms with Crippen molar-refractivity contribution in [1.82, 2.24) is 10.0 Å². The number of carbonyl (C=O) groups excluding carboxylic acids is 1. The van der Waals surface area contributed by atoms with Gasteiger partial charge in [-0.05, 0) is 50.6 Å². The fourth-order valence-electron chi connectivity index (χ4n) is 2.44. The highest BCUT2D eigenvalue weighted by molar-refractivity contribution is 7.89. The van der Waals surface area contributed by atoms with Gasteiger partial charge in [-0.2, -0.15) is 0 Å². The lowest BCUT2D eigenvalue weighted by molar-refractivity contribution is -0.115. The molecule has 1 heterocycles. The highest BCUT2D eigenvalue weighted by Crippen LogP contribution is 2.17. The minimum atomic E-state index is -3.55. The van der Waals surface area contributed by atoms with Crippen LogP contribution in [0.15, 0.2) is 29.2 Å². The molecule has 6 nitrogen and oxygen atoms in total. The fourth-order valence-corrected chi connectivity index (χ4v) is 3.79. The molecule has 22 heavy (non-hydrogen) atoms. The van der Waals surface area contributed by atoms with Gasteiger partial charge in [0.15, 0.2) is 0 Å². The highest BCUT2D eigenvalue weighted by Gasteiger charge is 2.26. The van der Waals surface area contributed by atoms with Gasteiger partial charge in [0.2, 0.25) is 15.9 Å². The van der Waals surface area contributed by atoms with Crippen LogP contribution in [0.2, 0.25) is 0 Å². The predicted octanol–water partition coefficient (Wildman–Crippen LogP) is 1.45. The second-order valence-electron chi connectivity index (χ2n) is 5.54. The van der Waals surface area contributed by atoms with E-state index >= 15 is 0 Å². The number of sulfonamides is 1. The van der Waals surface area contributed by atoms with Gasteiger partial charge >= 0.3 is 0 Å². The quantitative estimate of drug-likeness (QED) is 0.765. The Kier molecular flexibility index (Phi) is 5.55. The minimum absolute atomic E-state index is 0.0989. The zero-order valence-corrected chi connectivity index (χ0v) is 13.7. The summed E-state index contributed by atoms with van der Waals surface area (Å²) in [5.41, 5.74) is 0.596. The van der Waals surface area contributed by atoms with Gasteiger partial charge in [0.1, 0.15) is 0 Å². The zero-order valence-electron chi connectivity index (χ0n) is 12.9. The van der Waals surface area contributed by atoms with E-state index in [1.54, 1.807) is 19.1 Å².